The highest BCUT2D eigenvalue weighted by molar-refractivity contribution is 7.12. The molecular formula is C15H11ClN2O3S. The van der Waals surface area contributed by atoms with Crippen LogP contribution < -0.4 is 10.6 Å². The molecule has 2 N–H and O–H groups in total. The van der Waals surface area contributed by atoms with Crippen molar-refractivity contribution in [2.24, 2.45) is 5.73 Å². The molecule has 1 aromatic heterocycles. The summed E-state index contributed by atoms with van der Waals surface area (Å²) in [6, 6.07) is 7.05. The quantitative estimate of drug-likeness (QED) is 0.677. The van der Waals surface area contributed by atoms with Gasteiger partial charge in [0.2, 0.25) is 0 Å². The van der Waals surface area contributed by atoms with E-state index in [2.05, 4.69) is 0 Å². The van der Waals surface area contributed by atoms with Gasteiger partial charge < -0.3 is 5.73 Å². The minimum atomic E-state index is -1.51. The Kier molecular flexibility index (Phi) is 3.30. The minimum absolute atomic E-state index is 0.300. The fourth-order valence-electron chi connectivity index (χ4n) is 2.64. The first-order valence-electron chi connectivity index (χ1n) is 6.39. The monoisotopic (exact) mass is 334 g/mol. The molecule has 0 aliphatic carbocycles. The van der Waals surface area contributed by atoms with Gasteiger partial charge in [0, 0.05) is 10.6 Å². The number of anilines is 1. The van der Waals surface area contributed by atoms with Gasteiger partial charge in [-0.2, -0.15) is 0 Å². The van der Waals surface area contributed by atoms with Crippen LogP contribution in [0.2, 0.25) is 5.02 Å². The van der Waals surface area contributed by atoms with E-state index in [9.17, 15) is 14.4 Å². The Hall–Kier alpha value is -2.18. The number of nitrogens with zero attached hydrogens (tertiary/aromatic N) is 1. The number of benzene rings is 1. The number of primary amides is 1. The zero-order valence-corrected chi connectivity index (χ0v) is 13.1. The number of hydrogen-bond acceptors (Lipinski definition) is 4. The molecule has 0 saturated carbocycles. The number of imide groups is 1. The van der Waals surface area contributed by atoms with E-state index in [-0.39, 0.29) is 5.78 Å². The van der Waals surface area contributed by atoms with E-state index in [1.165, 1.54) is 30.4 Å². The van der Waals surface area contributed by atoms with Gasteiger partial charge in [-0.15, -0.1) is 11.3 Å². The number of carbonyl (C=O) groups is 3. The van der Waals surface area contributed by atoms with Gasteiger partial charge in [0.15, 0.2) is 5.78 Å². The van der Waals surface area contributed by atoms with Crippen LogP contribution in [0.15, 0.2) is 35.7 Å². The van der Waals surface area contributed by atoms with Gasteiger partial charge in [-0.3, -0.25) is 9.59 Å². The molecule has 5 nitrogen and oxygen atoms in total. The van der Waals surface area contributed by atoms with Crippen LogP contribution in [0.4, 0.5) is 10.5 Å². The standard InChI is InChI=1S/C15H11ClN2O3S/c1-15(12(19)11-3-2-6-22-11)9-7-8(16)4-5-10(9)18(13(15)20)14(17)21/h2-7H,1H3,(H2,17,21). The number of urea groups is 1. The van der Waals surface area contributed by atoms with E-state index in [1.54, 1.807) is 23.6 Å². The van der Waals surface area contributed by atoms with Gasteiger partial charge in [-0.05, 0) is 36.6 Å². The maximum atomic E-state index is 12.9. The highest BCUT2D eigenvalue weighted by Gasteiger charge is 2.54. The van der Waals surface area contributed by atoms with E-state index in [4.69, 9.17) is 17.3 Å². The Morgan fingerprint density at radius 1 is 1.32 bits per heavy atom. The molecule has 1 aliphatic rings. The zero-order chi connectivity index (χ0) is 16.1. The minimum Gasteiger partial charge on any atom is -0.351 e. The smallest absolute Gasteiger partial charge is 0.326 e. The summed E-state index contributed by atoms with van der Waals surface area (Å²) < 4.78 is 0. The zero-order valence-electron chi connectivity index (χ0n) is 11.5. The number of nitrogens with two attached hydrogens (primary N) is 1. The summed E-state index contributed by atoms with van der Waals surface area (Å²) in [4.78, 5) is 38.5. The van der Waals surface area contributed by atoms with E-state index in [0.717, 1.165) is 4.90 Å². The summed E-state index contributed by atoms with van der Waals surface area (Å²) in [6.45, 7) is 1.50. The molecule has 22 heavy (non-hydrogen) atoms. The van der Waals surface area contributed by atoms with Crippen LogP contribution in [0.1, 0.15) is 22.2 Å². The number of ketones is 1. The van der Waals surface area contributed by atoms with Gasteiger partial charge in [0.25, 0.3) is 5.91 Å². The molecule has 1 unspecified atom stereocenters. The van der Waals surface area contributed by atoms with E-state index >= 15 is 0 Å². The molecule has 2 heterocycles. The number of fused-ring (bicyclic) bond motifs is 1. The number of hydrogen-bond donors (Lipinski definition) is 1. The number of carbonyl (C=O) groups excluding carboxylic acids is 3. The fourth-order valence-corrected chi connectivity index (χ4v) is 3.59. The third-order valence-electron chi connectivity index (χ3n) is 3.79. The molecule has 112 valence electrons. The second kappa shape index (κ2) is 4.93. The van der Waals surface area contributed by atoms with Crippen molar-refractivity contribution < 1.29 is 14.4 Å². The van der Waals surface area contributed by atoms with Crippen LogP contribution in [0.5, 0.6) is 0 Å². The van der Waals surface area contributed by atoms with Crippen LogP contribution >= 0.6 is 22.9 Å². The molecule has 0 bridgehead atoms. The maximum absolute atomic E-state index is 12.9. The molecule has 1 atom stereocenters. The number of halogens is 1. The fraction of sp³-hybridized carbons (Fsp3) is 0.133. The topological polar surface area (TPSA) is 80.5 Å². The molecule has 3 amide bonds. The van der Waals surface area contributed by atoms with Crippen molar-refractivity contribution in [1.82, 2.24) is 0 Å². The molecule has 7 heteroatoms. The SMILES string of the molecule is CC1(C(=O)c2cccs2)C(=O)N(C(N)=O)c2ccc(Cl)cc21. The van der Waals surface area contributed by atoms with Crippen molar-refractivity contribution >= 4 is 46.3 Å². The second-order valence-electron chi connectivity index (χ2n) is 5.07. The van der Waals surface area contributed by atoms with Crippen molar-refractivity contribution in [3.8, 4) is 0 Å². The predicted octanol–water partition coefficient (Wildman–Crippen LogP) is 2.97. The van der Waals surface area contributed by atoms with Gasteiger partial charge in [-0.25, -0.2) is 9.69 Å². The lowest BCUT2D eigenvalue weighted by Gasteiger charge is -2.21. The van der Waals surface area contributed by atoms with Crippen LogP contribution in [-0.2, 0) is 10.2 Å². The normalized spacial score (nSPS) is 20.1. The van der Waals surface area contributed by atoms with E-state index in [0.29, 0.717) is 21.2 Å². The van der Waals surface area contributed by atoms with Gasteiger partial charge in [-0.1, -0.05) is 17.7 Å². The summed E-state index contributed by atoms with van der Waals surface area (Å²) in [7, 11) is 0. The Morgan fingerprint density at radius 2 is 2.05 bits per heavy atom. The third-order valence-corrected chi connectivity index (χ3v) is 4.89. The first kappa shape index (κ1) is 14.7. The molecule has 2 aromatic rings. The van der Waals surface area contributed by atoms with Crippen molar-refractivity contribution in [2.75, 3.05) is 4.90 Å². The summed E-state index contributed by atoms with van der Waals surface area (Å²) in [5.74, 6) is -1.03. The van der Waals surface area contributed by atoms with Gasteiger partial charge in [0.1, 0.15) is 5.41 Å². The first-order valence-corrected chi connectivity index (χ1v) is 7.65. The van der Waals surface area contributed by atoms with Crippen LogP contribution in [0.25, 0.3) is 0 Å². The first-order chi connectivity index (χ1) is 10.4. The van der Waals surface area contributed by atoms with E-state index < -0.39 is 17.4 Å². The Bertz CT molecular complexity index is 803. The molecule has 0 radical (unpaired) electrons. The molecule has 3 rings (SSSR count). The lowest BCUT2D eigenvalue weighted by molar-refractivity contribution is -0.120. The largest absolute Gasteiger partial charge is 0.351 e. The van der Waals surface area contributed by atoms with Crippen molar-refractivity contribution in [2.45, 2.75) is 12.3 Å². The molecule has 0 saturated heterocycles. The predicted molar refractivity (Wildman–Crippen MR) is 84.5 cm³/mol. The Morgan fingerprint density at radius 3 is 2.64 bits per heavy atom. The lowest BCUT2D eigenvalue weighted by Crippen LogP contribution is -2.47. The van der Waals surface area contributed by atoms with Crippen molar-refractivity contribution in [3.05, 3.63) is 51.2 Å². The molecule has 0 spiro atoms. The lowest BCUT2D eigenvalue weighted by atomic mass is 9.79. The average molecular weight is 335 g/mol. The molecule has 1 aliphatic heterocycles. The Labute approximate surface area is 135 Å². The molecule has 1 aromatic carbocycles. The summed E-state index contributed by atoms with van der Waals surface area (Å²) in [5, 5.41) is 2.13. The summed E-state index contributed by atoms with van der Waals surface area (Å²) in [6.07, 6.45) is 0. The summed E-state index contributed by atoms with van der Waals surface area (Å²) in [5.41, 5.74) is 4.48. The van der Waals surface area contributed by atoms with Crippen molar-refractivity contribution in [1.29, 1.82) is 0 Å². The average Bonchev–Trinajstić information content (AvgIpc) is 3.06. The third kappa shape index (κ3) is 1.88. The van der Waals surface area contributed by atoms with Gasteiger partial charge >= 0.3 is 6.03 Å². The van der Waals surface area contributed by atoms with Crippen molar-refractivity contribution in [3.63, 3.8) is 0 Å². The van der Waals surface area contributed by atoms with Crippen LogP contribution in [0, 0.1) is 0 Å². The molecular weight excluding hydrogens is 324 g/mol. The highest BCUT2D eigenvalue weighted by Crippen LogP contribution is 2.45. The maximum Gasteiger partial charge on any atom is 0.326 e. The second-order valence-corrected chi connectivity index (χ2v) is 6.46. The number of amides is 3. The molecule has 0 fully saturated rings. The van der Waals surface area contributed by atoms with Gasteiger partial charge in [0.05, 0.1) is 10.6 Å². The number of Topliss-reactive ketones (excluding diaryl/α,β-unsaturated/α-hetero) is 1. The van der Waals surface area contributed by atoms with E-state index in [1.807, 2.05) is 0 Å². The number of thiophene rings is 1. The van der Waals surface area contributed by atoms with Crippen LogP contribution in [0.3, 0.4) is 0 Å². The summed E-state index contributed by atoms with van der Waals surface area (Å²) >= 11 is 7.24. The Balaban J connectivity index is 2.24. The van der Waals surface area contributed by atoms with Crippen LogP contribution in [-0.4, -0.2) is 17.7 Å². The number of rotatable bonds is 2. The highest BCUT2D eigenvalue weighted by atomic mass is 35.5.